The summed E-state index contributed by atoms with van der Waals surface area (Å²) in [5.41, 5.74) is 4.56. The lowest BCUT2D eigenvalue weighted by atomic mass is 10.1. The smallest absolute Gasteiger partial charge is 0.127 e. The molecule has 0 amide bonds. The summed E-state index contributed by atoms with van der Waals surface area (Å²) in [5.74, 6) is 0. The van der Waals surface area contributed by atoms with Crippen LogP contribution in [0.3, 0.4) is 0 Å². The van der Waals surface area contributed by atoms with Gasteiger partial charge in [-0.05, 0) is 36.6 Å². The van der Waals surface area contributed by atoms with Gasteiger partial charge in [0.1, 0.15) is 11.3 Å². The molecule has 0 atom stereocenters. The lowest BCUT2D eigenvalue weighted by molar-refractivity contribution is 1.16. The highest BCUT2D eigenvalue weighted by Gasteiger charge is 2.17. The molecule has 0 aliphatic rings. The maximum atomic E-state index is 4.96. The topological polar surface area (TPSA) is 64.5 Å². The van der Waals surface area contributed by atoms with Gasteiger partial charge >= 0.3 is 0 Å². The SMILES string of the molecule is Cc1nc(-c2cncnc2)sc1-c1nc(-c2ccccn2)cc2sccc12. The van der Waals surface area contributed by atoms with E-state index < -0.39 is 0 Å². The van der Waals surface area contributed by atoms with Gasteiger partial charge in [0.2, 0.25) is 0 Å². The van der Waals surface area contributed by atoms with Crippen molar-refractivity contribution in [3.63, 3.8) is 0 Å². The largest absolute Gasteiger partial charge is 0.255 e. The first kappa shape index (κ1) is 16.2. The van der Waals surface area contributed by atoms with Crippen LogP contribution in [-0.2, 0) is 0 Å². The van der Waals surface area contributed by atoms with Gasteiger partial charge in [-0.25, -0.2) is 19.9 Å². The Kier molecular flexibility index (Phi) is 3.95. The second-order valence-corrected chi connectivity index (χ2v) is 7.91. The molecule has 0 unspecified atom stereocenters. The van der Waals surface area contributed by atoms with Crippen LogP contribution >= 0.6 is 22.7 Å². The van der Waals surface area contributed by atoms with Crippen molar-refractivity contribution in [2.24, 2.45) is 0 Å². The number of aromatic nitrogens is 5. The van der Waals surface area contributed by atoms with Gasteiger partial charge in [0, 0.05) is 34.2 Å². The van der Waals surface area contributed by atoms with Gasteiger partial charge in [0.25, 0.3) is 0 Å². The third kappa shape index (κ3) is 2.90. The van der Waals surface area contributed by atoms with E-state index in [4.69, 9.17) is 9.97 Å². The third-order valence-corrected chi connectivity index (χ3v) is 6.27. The van der Waals surface area contributed by atoms with Crippen molar-refractivity contribution in [1.82, 2.24) is 24.9 Å². The average Bonchev–Trinajstić information content (AvgIpc) is 3.35. The fraction of sp³-hybridized carbons (Fsp3) is 0.0500. The van der Waals surface area contributed by atoms with E-state index in [0.29, 0.717) is 0 Å². The van der Waals surface area contributed by atoms with Crippen LogP contribution in [0.25, 0.3) is 42.6 Å². The Balaban J connectivity index is 1.71. The number of hydrogen-bond donors (Lipinski definition) is 0. The van der Waals surface area contributed by atoms with Gasteiger partial charge in [0.05, 0.1) is 27.7 Å². The Morgan fingerprint density at radius 2 is 1.85 bits per heavy atom. The summed E-state index contributed by atoms with van der Waals surface area (Å²) in [4.78, 5) is 23.4. The number of hydrogen-bond acceptors (Lipinski definition) is 7. The van der Waals surface area contributed by atoms with E-state index in [2.05, 4.69) is 32.5 Å². The first-order valence-corrected chi connectivity index (χ1v) is 10.0. The van der Waals surface area contributed by atoms with E-state index in [1.807, 2.05) is 25.1 Å². The van der Waals surface area contributed by atoms with E-state index in [9.17, 15) is 0 Å². The van der Waals surface area contributed by atoms with E-state index in [0.717, 1.165) is 43.6 Å². The van der Waals surface area contributed by atoms with Crippen LogP contribution in [-0.4, -0.2) is 24.9 Å². The quantitative estimate of drug-likeness (QED) is 0.423. The lowest BCUT2D eigenvalue weighted by Gasteiger charge is -2.06. The second kappa shape index (κ2) is 6.61. The molecule has 0 aliphatic heterocycles. The molecule has 5 nitrogen and oxygen atoms in total. The molecule has 5 heterocycles. The summed E-state index contributed by atoms with van der Waals surface area (Å²) in [6.45, 7) is 2.02. The minimum atomic E-state index is 0.868. The fourth-order valence-corrected chi connectivity index (χ4v) is 4.80. The van der Waals surface area contributed by atoms with Gasteiger partial charge in [-0.1, -0.05) is 6.07 Å². The van der Waals surface area contributed by atoms with Crippen LogP contribution in [0.4, 0.5) is 0 Å². The van der Waals surface area contributed by atoms with E-state index in [1.54, 1.807) is 41.3 Å². The van der Waals surface area contributed by atoms with Crippen molar-refractivity contribution in [3.8, 4) is 32.5 Å². The number of fused-ring (bicyclic) bond motifs is 1. The summed E-state index contributed by atoms with van der Waals surface area (Å²) in [6, 6.07) is 10.1. The fourth-order valence-electron chi connectivity index (χ4n) is 2.93. The molecule has 5 aromatic rings. The Labute approximate surface area is 163 Å². The molecule has 0 fully saturated rings. The van der Waals surface area contributed by atoms with Crippen LogP contribution in [0.1, 0.15) is 5.69 Å². The summed E-state index contributed by atoms with van der Waals surface area (Å²) in [6.07, 6.45) is 6.89. The van der Waals surface area contributed by atoms with Crippen molar-refractivity contribution >= 4 is 32.8 Å². The molecule has 0 saturated heterocycles. The maximum absolute atomic E-state index is 4.96. The zero-order valence-electron chi connectivity index (χ0n) is 14.3. The first-order valence-electron chi connectivity index (χ1n) is 8.32. The summed E-state index contributed by atoms with van der Waals surface area (Å²) in [7, 11) is 0. The number of nitrogens with zero attached hydrogens (tertiary/aromatic N) is 5. The molecule has 27 heavy (non-hydrogen) atoms. The molecule has 5 rings (SSSR count). The second-order valence-electron chi connectivity index (χ2n) is 5.96. The molecule has 0 N–H and O–H groups in total. The van der Waals surface area contributed by atoms with Crippen molar-refractivity contribution in [2.75, 3.05) is 0 Å². The van der Waals surface area contributed by atoms with Crippen molar-refractivity contribution in [2.45, 2.75) is 6.92 Å². The van der Waals surface area contributed by atoms with Crippen LogP contribution in [0.5, 0.6) is 0 Å². The van der Waals surface area contributed by atoms with Crippen LogP contribution < -0.4 is 0 Å². The number of rotatable bonds is 3. The van der Waals surface area contributed by atoms with Gasteiger partial charge in [-0.2, -0.15) is 0 Å². The summed E-state index contributed by atoms with van der Waals surface area (Å²) < 4.78 is 1.19. The standard InChI is InChI=1S/C20H13N5S2/c1-12-19(27-20(24-12)13-9-21-11-22-10-13)18-14-5-7-26-17(14)8-16(25-18)15-4-2-3-6-23-15/h2-11H,1H3. The maximum Gasteiger partial charge on any atom is 0.127 e. The molecule has 0 saturated carbocycles. The molecular weight excluding hydrogens is 374 g/mol. The number of aryl methyl sites for hydroxylation is 1. The molecule has 0 radical (unpaired) electrons. The predicted molar refractivity (Wildman–Crippen MR) is 110 cm³/mol. The summed E-state index contributed by atoms with van der Waals surface area (Å²) in [5, 5.41) is 4.14. The van der Waals surface area contributed by atoms with Gasteiger partial charge in [-0.15, -0.1) is 22.7 Å². The van der Waals surface area contributed by atoms with Gasteiger partial charge < -0.3 is 0 Å². The van der Waals surface area contributed by atoms with Crippen LogP contribution in [0.2, 0.25) is 0 Å². The first-order chi connectivity index (χ1) is 13.3. The third-order valence-electron chi connectivity index (χ3n) is 4.20. The molecule has 0 bridgehead atoms. The lowest BCUT2D eigenvalue weighted by Crippen LogP contribution is -1.90. The molecule has 0 aromatic carbocycles. The van der Waals surface area contributed by atoms with E-state index in [-0.39, 0.29) is 0 Å². The van der Waals surface area contributed by atoms with Crippen molar-refractivity contribution < 1.29 is 0 Å². The highest BCUT2D eigenvalue weighted by Crippen LogP contribution is 2.39. The highest BCUT2D eigenvalue weighted by atomic mass is 32.1. The van der Waals surface area contributed by atoms with Crippen molar-refractivity contribution in [3.05, 3.63) is 66.3 Å². The average molecular weight is 387 g/mol. The molecule has 7 heteroatoms. The highest BCUT2D eigenvalue weighted by molar-refractivity contribution is 7.19. The monoisotopic (exact) mass is 387 g/mol. The molecule has 130 valence electrons. The zero-order chi connectivity index (χ0) is 18.2. The Hall–Kier alpha value is -3.03. The van der Waals surface area contributed by atoms with Gasteiger partial charge in [0.15, 0.2) is 0 Å². The zero-order valence-corrected chi connectivity index (χ0v) is 16.0. The normalized spacial score (nSPS) is 11.1. The molecular formula is C20H13N5S2. The minimum absolute atomic E-state index is 0.868. The number of thiazole rings is 1. The van der Waals surface area contributed by atoms with Crippen LogP contribution in [0.15, 0.2) is 60.6 Å². The predicted octanol–water partition coefficient (Wildman–Crippen LogP) is 5.25. The Bertz CT molecular complexity index is 1230. The number of thiophene rings is 1. The van der Waals surface area contributed by atoms with E-state index in [1.165, 1.54) is 11.0 Å². The van der Waals surface area contributed by atoms with Crippen molar-refractivity contribution in [1.29, 1.82) is 0 Å². The Morgan fingerprint density at radius 1 is 0.963 bits per heavy atom. The van der Waals surface area contributed by atoms with Crippen LogP contribution in [0, 0.1) is 6.92 Å². The summed E-state index contributed by atoms with van der Waals surface area (Å²) >= 11 is 3.33. The Morgan fingerprint density at radius 3 is 2.67 bits per heavy atom. The molecule has 0 aliphatic carbocycles. The number of pyridine rings is 2. The van der Waals surface area contributed by atoms with E-state index >= 15 is 0 Å². The van der Waals surface area contributed by atoms with Gasteiger partial charge in [-0.3, -0.25) is 4.98 Å². The minimum Gasteiger partial charge on any atom is -0.255 e. The molecule has 5 aromatic heterocycles. The molecule has 0 spiro atoms.